The lowest BCUT2D eigenvalue weighted by Crippen LogP contribution is -2.23. The van der Waals surface area contributed by atoms with Gasteiger partial charge >= 0.3 is 0 Å². The van der Waals surface area contributed by atoms with Gasteiger partial charge in [-0.2, -0.15) is 0 Å². The van der Waals surface area contributed by atoms with Crippen LogP contribution in [0.3, 0.4) is 0 Å². The van der Waals surface area contributed by atoms with E-state index in [0.29, 0.717) is 5.91 Å². The number of ether oxygens (including phenoxy) is 1. The Kier molecular flexibility index (Phi) is 5.14. The number of benzene rings is 1. The fraction of sp³-hybridized carbons (Fsp3) is 0.533. The predicted octanol–water partition coefficient (Wildman–Crippen LogP) is 2.59. The lowest BCUT2D eigenvalue weighted by molar-refractivity contribution is -0.126. The van der Waals surface area contributed by atoms with E-state index in [1.54, 1.807) is 18.9 Å². The first-order valence-electron chi connectivity index (χ1n) is 6.70. The predicted molar refractivity (Wildman–Crippen MR) is 79.8 cm³/mol. The second-order valence-corrected chi connectivity index (χ2v) is 6.17. The summed E-state index contributed by atoms with van der Waals surface area (Å²) in [5.74, 6) is 2.26. The number of nitrogens with zero attached hydrogens (tertiary/aromatic N) is 1. The Hall–Kier alpha value is -1.16. The zero-order chi connectivity index (χ0) is 13.7. The van der Waals surface area contributed by atoms with E-state index < -0.39 is 0 Å². The van der Waals surface area contributed by atoms with Crippen molar-refractivity contribution in [1.82, 2.24) is 4.90 Å². The number of amides is 1. The molecule has 1 aromatic rings. The molecule has 1 fully saturated rings. The average Bonchev–Trinajstić information content (AvgIpc) is 2.75. The third-order valence-electron chi connectivity index (χ3n) is 3.44. The molecule has 0 aromatic heterocycles. The maximum Gasteiger partial charge on any atom is 0.235 e. The molecule has 0 spiro atoms. The van der Waals surface area contributed by atoms with E-state index in [4.69, 9.17) is 4.74 Å². The third-order valence-corrected chi connectivity index (χ3v) is 4.81. The molecule has 0 aliphatic carbocycles. The Labute approximate surface area is 119 Å². The SMILES string of the molecule is COc1cccc(CCCS[C@@H]2CCN(C)C2=O)c1. The number of likely N-dealkylation sites (tertiary alicyclic amines) is 1. The second kappa shape index (κ2) is 6.85. The quantitative estimate of drug-likeness (QED) is 0.750. The van der Waals surface area contributed by atoms with Gasteiger partial charge in [0.25, 0.3) is 0 Å². The standard InChI is InChI=1S/C15H21NO2S/c1-16-9-8-14(15(16)17)19-10-4-6-12-5-3-7-13(11-12)18-2/h3,5,7,11,14H,4,6,8-10H2,1-2H3/t14-/m1/s1. The molecule has 0 N–H and O–H groups in total. The number of carbonyl (C=O) groups excluding carboxylic acids is 1. The number of hydrogen-bond acceptors (Lipinski definition) is 3. The molecule has 0 unspecified atom stereocenters. The van der Waals surface area contributed by atoms with Gasteiger partial charge in [0.15, 0.2) is 0 Å². The highest BCUT2D eigenvalue weighted by Crippen LogP contribution is 2.24. The second-order valence-electron chi connectivity index (χ2n) is 4.86. The van der Waals surface area contributed by atoms with Crippen molar-refractivity contribution in [2.24, 2.45) is 0 Å². The Morgan fingerprint density at radius 2 is 2.32 bits per heavy atom. The van der Waals surface area contributed by atoms with Crippen molar-refractivity contribution in [2.75, 3.05) is 26.5 Å². The first-order valence-corrected chi connectivity index (χ1v) is 7.75. The summed E-state index contributed by atoms with van der Waals surface area (Å²) in [7, 11) is 3.58. The van der Waals surface area contributed by atoms with E-state index in [2.05, 4.69) is 12.1 Å². The molecular formula is C15H21NO2S. The van der Waals surface area contributed by atoms with Crippen molar-refractivity contribution in [3.8, 4) is 5.75 Å². The van der Waals surface area contributed by atoms with E-state index in [1.807, 2.05) is 24.1 Å². The molecule has 1 aliphatic heterocycles. The third kappa shape index (κ3) is 3.90. The van der Waals surface area contributed by atoms with E-state index in [0.717, 1.165) is 37.3 Å². The van der Waals surface area contributed by atoms with Gasteiger partial charge in [-0.25, -0.2) is 0 Å². The van der Waals surface area contributed by atoms with Gasteiger partial charge in [-0.1, -0.05) is 12.1 Å². The van der Waals surface area contributed by atoms with Crippen LogP contribution in [0.5, 0.6) is 5.75 Å². The highest BCUT2D eigenvalue weighted by Gasteiger charge is 2.28. The molecule has 1 saturated heterocycles. The van der Waals surface area contributed by atoms with Gasteiger partial charge in [-0.3, -0.25) is 4.79 Å². The zero-order valence-corrected chi connectivity index (χ0v) is 12.4. The first-order chi connectivity index (χ1) is 9.20. The topological polar surface area (TPSA) is 29.5 Å². The van der Waals surface area contributed by atoms with Crippen LogP contribution in [0, 0.1) is 0 Å². The summed E-state index contributed by atoms with van der Waals surface area (Å²) in [5.41, 5.74) is 1.30. The number of thioether (sulfide) groups is 1. The minimum absolute atomic E-state index is 0.190. The minimum Gasteiger partial charge on any atom is -0.497 e. The summed E-state index contributed by atoms with van der Waals surface area (Å²) in [6, 6.07) is 8.20. The maximum atomic E-state index is 11.7. The molecule has 2 rings (SSSR count). The van der Waals surface area contributed by atoms with Gasteiger partial charge in [0.2, 0.25) is 5.91 Å². The fourth-order valence-corrected chi connectivity index (χ4v) is 3.46. The monoisotopic (exact) mass is 279 g/mol. The number of methoxy groups -OCH3 is 1. The number of rotatable bonds is 6. The van der Waals surface area contributed by atoms with Gasteiger partial charge in [0.1, 0.15) is 5.75 Å². The fourth-order valence-electron chi connectivity index (χ4n) is 2.27. The number of hydrogen-bond donors (Lipinski definition) is 0. The van der Waals surface area contributed by atoms with Crippen LogP contribution in [0.25, 0.3) is 0 Å². The summed E-state index contributed by atoms with van der Waals surface area (Å²) < 4.78 is 5.21. The van der Waals surface area contributed by atoms with Gasteiger partial charge in [0, 0.05) is 13.6 Å². The van der Waals surface area contributed by atoms with E-state index >= 15 is 0 Å². The van der Waals surface area contributed by atoms with Crippen LogP contribution in [0.15, 0.2) is 24.3 Å². The molecule has 1 atom stereocenters. The van der Waals surface area contributed by atoms with Gasteiger partial charge in [-0.15, -0.1) is 11.8 Å². The van der Waals surface area contributed by atoms with E-state index in [9.17, 15) is 4.79 Å². The van der Waals surface area contributed by atoms with Crippen LogP contribution in [0.4, 0.5) is 0 Å². The van der Waals surface area contributed by atoms with Crippen LogP contribution >= 0.6 is 11.8 Å². The van der Waals surface area contributed by atoms with Crippen LogP contribution in [0.1, 0.15) is 18.4 Å². The average molecular weight is 279 g/mol. The van der Waals surface area contributed by atoms with E-state index in [1.165, 1.54) is 5.56 Å². The molecule has 1 aliphatic rings. The van der Waals surface area contributed by atoms with Crippen LogP contribution in [-0.2, 0) is 11.2 Å². The number of aryl methyl sites for hydroxylation is 1. The highest BCUT2D eigenvalue weighted by molar-refractivity contribution is 8.00. The Bertz CT molecular complexity index is 436. The summed E-state index contributed by atoms with van der Waals surface area (Å²) >= 11 is 1.80. The zero-order valence-electron chi connectivity index (χ0n) is 11.6. The molecule has 4 heteroatoms. The number of carbonyl (C=O) groups is 1. The lowest BCUT2D eigenvalue weighted by atomic mass is 10.1. The molecule has 0 bridgehead atoms. The summed E-state index contributed by atoms with van der Waals surface area (Å²) in [4.78, 5) is 13.6. The molecule has 1 aromatic carbocycles. The molecule has 0 saturated carbocycles. The molecule has 19 heavy (non-hydrogen) atoms. The molecular weight excluding hydrogens is 258 g/mol. The van der Waals surface area contributed by atoms with Gasteiger partial charge in [-0.05, 0) is 42.7 Å². The molecule has 1 amide bonds. The summed E-state index contributed by atoms with van der Waals surface area (Å²) in [6.07, 6.45) is 3.14. The van der Waals surface area contributed by atoms with Crippen molar-refractivity contribution in [1.29, 1.82) is 0 Å². The van der Waals surface area contributed by atoms with Crippen molar-refractivity contribution in [2.45, 2.75) is 24.5 Å². The van der Waals surface area contributed by atoms with Crippen molar-refractivity contribution in [3.63, 3.8) is 0 Å². The minimum atomic E-state index is 0.190. The Morgan fingerprint density at radius 1 is 1.47 bits per heavy atom. The molecule has 104 valence electrons. The largest absolute Gasteiger partial charge is 0.497 e. The maximum absolute atomic E-state index is 11.7. The van der Waals surface area contributed by atoms with Crippen molar-refractivity contribution in [3.05, 3.63) is 29.8 Å². The first kappa shape index (κ1) is 14.3. The Morgan fingerprint density at radius 3 is 3.00 bits per heavy atom. The van der Waals surface area contributed by atoms with Gasteiger partial charge in [0.05, 0.1) is 12.4 Å². The molecule has 0 radical (unpaired) electrons. The normalized spacial score (nSPS) is 18.9. The van der Waals surface area contributed by atoms with E-state index in [-0.39, 0.29) is 5.25 Å². The molecule has 3 nitrogen and oxygen atoms in total. The van der Waals surface area contributed by atoms with Crippen LogP contribution in [0.2, 0.25) is 0 Å². The highest BCUT2D eigenvalue weighted by atomic mass is 32.2. The summed E-state index contributed by atoms with van der Waals surface area (Å²) in [6.45, 7) is 0.909. The van der Waals surface area contributed by atoms with Crippen LogP contribution in [-0.4, -0.2) is 42.5 Å². The summed E-state index contributed by atoms with van der Waals surface area (Å²) in [5, 5.41) is 0.190. The smallest absolute Gasteiger partial charge is 0.235 e. The Balaban J connectivity index is 1.70. The molecule has 1 heterocycles. The van der Waals surface area contributed by atoms with Crippen LogP contribution < -0.4 is 4.74 Å². The lowest BCUT2D eigenvalue weighted by Gasteiger charge is -2.10. The van der Waals surface area contributed by atoms with Crippen molar-refractivity contribution < 1.29 is 9.53 Å². The van der Waals surface area contributed by atoms with Gasteiger partial charge < -0.3 is 9.64 Å². The van der Waals surface area contributed by atoms with Crippen molar-refractivity contribution >= 4 is 17.7 Å².